The van der Waals surface area contributed by atoms with Crippen molar-refractivity contribution in [2.45, 2.75) is 26.5 Å². The summed E-state index contributed by atoms with van der Waals surface area (Å²) >= 11 is 0. The number of nitrogens with zero attached hydrogens (tertiary/aromatic N) is 1. The highest BCUT2D eigenvalue weighted by atomic mass is 16.5. The Hall–Kier alpha value is -2.07. The van der Waals surface area contributed by atoms with E-state index in [0.29, 0.717) is 12.5 Å². The molecule has 106 valence electrons. The number of pyridine rings is 1. The summed E-state index contributed by atoms with van der Waals surface area (Å²) in [5.74, 6) is 1.39. The summed E-state index contributed by atoms with van der Waals surface area (Å²) in [4.78, 5) is 4.32. The lowest BCUT2D eigenvalue weighted by atomic mass is 10.1. The fourth-order valence-corrected chi connectivity index (χ4v) is 1.96. The molecule has 0 fully saturated rings. The Bertz CT molecular complexity index is 582. The molecule has 2 N–H and O–H groups in total. The zero-order valence-corrected chi connectivity index (χ0v) is 12.1. The Balaban J connectivity index is 2.14. The van der Waals surface area contributed by atoms with Gasteiger partial charge >= 0.3 is 0 Å². The van der Waals surface area contributed by atoms with Gasteiger partial charge in [0.2, 0.25) is 5.88 Å². The maximum atomic E-state index is 5.98. The minimum atomic E-state index is -0.0665. The van der Waals surface area contributed by atoms with Crippen LogP contribution in [0.15, 0.2) is 36.4 Å². The summed E-state index contributed by atoms with van der Waals surface area (Å²) in [6.45, 7) is 4.38. The van der Waals surface area contributed by atoms with Crippen LogP contribution in [0.25, 0.3) is 0 Å². The first-order chi connectivity index (χ1) is 9.60. The summed E-state index contributed by atoms with van der Waals surface area (Å²) in [6.07, 6.45) is 0. The highest BCUT2D eigenvalue weighted by molar-refractivity contribution is 5.38. The quantitative estimate of drug-likeness (QED) is 0.909. The molecule has 4 heteroatoms. The van der Waals surface area contributed by atoms with E-state index >= 15 is 0 Å². The zero-order valence-electron chi connectivity index (χ0n) is 12.1. The second kappa shape index (κ2) is 6.39. The number of aryl methyl sites for hydroxylation is 1. The van der Waals surface area contributed by atoms with Crippen molar-refractivity contribution >= 4 is 0 Å². The lowest BCUT2D eigenvalue weighted by molar-refractivity contribution is 0.293. The van der Waals surface area contributed by atoms with Gasteiger partial charge in [0.25, 0.3) is 0 Å². The van der Waals surface area contributed by atoms with Crippen LogP contribution >= 0.6 is 0 Å². The SMILES string of the molecule is COc1cccc(COc2ccc(C)cc2C(C)N)n1. The Morgan fingerprint density at radius 1 is 1.25 bits per heavy atom. The maximum absolute atomic E-state index is 5.98. The van der Waals surface area contributed by atoms with Crippen LogP contribution in [-0.2, 0) is 6.61 Å². The summed E-state index contributed by atoms with van der Waals surface area (Å²) in [5.41, 5.74) is 8.98. The Morgan fingerprint density at radius 2 is 2.05 bits per heavy atom. The fourth-order valence-electron chi connectivity index (χ4n) is 1.96. The largest absolute Gasteiger partial charge is 0.487 e. The third-order valence-electron chi connectivity index (χ3n) is 3.02. The first kappa shape index (κ1) is 14.3. The molecule has 0 aliphatic heterocycles. The smallest absolute Gasteiger partial charge is 0.213 e. The molecular weight excluding hydrogens is 252 g/mol. The van der Waals surface area contributed by atoms with Crippen molar-refractivity contribution in [2.75, 3.05) is 7.11 Å². The first-order valence-corrected chi connectivity index (χ1v) is 6.59. The monoisotopic (exact) mass is 272 g/mol. The van der Waals surface area contributed by atoms with Crippen molar-refractivity contribution in [3.63, 3.8) is 0 Å². The third-order valence-corrected chi connectivity index (χ3v) is 3.02. The highest BCUT2D eigenvalue weighted by Crippen LogP contribution is 2.25. The van der Waals surface area contributed by atoms with Crippen LogP contribution in [0.4, 0.5) is 0 Å². The van der Waals surface area contributed by atoms with Gasteiger partial charge < -0.3 is 15.2 Å². The van der Waals surface area contributed by atoms with Gasteiger partial charge in [-0.05, 0) is 26.0 Å². The zero-order chi connectivity index (χ0) is 14.5. The van der Waals surface area contributed by atoms with Gasteiger partial charge in [-0.1, -0.05) is 23.8 Å². The minimum Gasteiger partial charge on any atom is -0.487 e. The number of nitrogens with two attached hydrogens (primary N) is 1. The topological polar surface area (TPSA) is 57.4 Å². The molecule has 1 unspecified atom stereocenters. The van der Waals surface area contributed by atoms with Crippen molar-refractivity contribution in [3.8, 4) is 11.6 Å². The molecule has 0 bridgehead atoms. The average molecular weight is 272 g/mol. The van der Waals surface area contributed by atoms with Crippen molar-refractivity contribution in [1.82, 2.24) is 4.98 Å². The molecule has 0 saturated carbocycles. The molecule has 0 aliphatic rings. The number of methoxy groups -OCH3 is 1. The molecular formula is C16H20N2O2. The van der Waals surface area contributed by atoms with E-state index in [1.807, 2.05) is 44.2 Å². The summed E-state index contributed by atoms with van der Waals surface area (Å²) in [6, 6.07) is 11.6. The predicted octanol–water partition coefficient (Wildman–Crippen LogP) is 3.00. The van der Waals surface area contributed by atoms with Crippen LogP contribution in [0, 0.1) is 6.92 Å². The molecule has 1 aromatic carbocycles. The molecule has 2 rings (SSSR count). The maximum Gasteiger partial charge on any atom is 0.213 e. The van der Waals surface area contributed by atoms with Gasteiger partial charge in [0.15, 0.2) is 0 Å². The normalized spacial score (nSPS) is 12.0. The van der Waals surface area contributed by atoms with E-state index in [2.05, 4.69) is 11.1 Å². The number of aromatic nitrogens is 1. The van der Waals surface area contributed by atoms with E-state index < -0.39 is 0 Å². The molecule has 0 aliphatic carbocycles. The lowest BCUT2D eigenvalue weighted by Gasteiger charge is -2.14. The van der Waals surface area contributed by atoms with Crippen molar-refractivity contribution in [3.05, 3.63) is 53.2 Å². The first-order valence-electron chi connectivity index (χ1n) is 6.59. The number of hydrogen-bond acceptors (Lipinski definition) is 4. The molecule has 1 atom stereocenters. The van der Waals surface area contributed by atoms with E-state index in [4.69, 9.17) is 15.2 Å². The number of rotatable bonds is 5. The van der Waals surface area contributed by atoms with Crippen molar-refractivity contribution in [2.24, 2.45) is 5.73 Å². The Morgan fingerprint density at radius 3 is 2.75 bits per heavy atom. The van der Waals surface area contributed by atoms with Gasteiger partial charge in [-0.2, -0.15) is 0 Å². The minimum absolute atomic E-state index is 0.0665. The molecule has 1 heterocycles. The van der Waals surface area contributed by atoms with E-state index in [-0.39, 0.29) is 6.04 Å². The van der Waals surface area contributed by atoms with Gasteiger partial charge in [0.05, 0.1) is 12.8 Å². The molecule has 2 aromatic rings. The van der Waals surface area contributed by atoms with Crippen molar-refractivity contribution in [1.29, 1.82) is 0 Å². The fraction of sp³-hybridized carbons (Fsp3) is 0.312. The van der Waals surface area contributed by atoms with E-state index in [1.54, 1.807) is 7.11 Å². The van der Waals surface area contributed by atoms with Crippen LogP contribution < -0.4 is 15.2 Å². The summed E-state index contributed by atoms with van der Waals surface area (Å²) < 4.78 is 10.9. The second-order valence-electron chi connectivity index (χ2n) is 4.79. The highest BCUT2D eigenvalue weighted by Gasteiger charge is 2.09. The second-order valence-corrected chi connectivity index (χ2v) is 4.79. The van der Waals surface area contributed by atoms with E-state index in [0.717, 1.165) is 17.0 Å². The van der Waals surface area contributed by atoms with Crippen LogP contribution in [0.3, 0.4) is 0 Å². The summed E-state index contributed by atoms with van der Waals surface area (Å²) in [7, 11) is 1.60. The van der Waals surface area contributed by atoms with Crippen molar-refractivity contribution < 1.29 is 9.47 Å². The predicted molar refractivity (Wildman–Crippen MR) is 78.9 cm³/mol. The number of benzene rings is 1. The third kappa shape index (κ3) is 3.48. The molecule has 0 spiro atoms. The van der Waals surface area contributed by atoms with Crippen LogP contribution in [0.1, 0.15) is 29.8 Å². The standard InChI is InChI=1S/C16H20N2O2/c1-11-7-8-15(14(9-11)12(2)17)20-10-13-5-4-6-16(18-13)19-3/h4-9,12H,10,17H2,1-3H3. The number of hydrogen-bond donors (Lipinski definition) is 1. The van der Waals surface area contributed by atoms with Gasteiger partial charge in [-0.15, -0.1) is 0 Å². The van der Waals surface area contributed by atoms with Gasteiger partial charge in [0.1, 0.15) is 12.4 Å². The molecule has 1 aromatic heterocycles. The molecule has 4 nitrogen and oxygen atoms in total. The van der Waals surface area contributed by atoms with Gasteiger partial charge in [-0.3, -0.25) is 0 Å². The Labute approximate surface area is 119 Å². The molecule has 20 heavy (non-hydrogen) atoms. The van der Waals surface area contributed by atoms with E-state index in [9.17, 15) is 0 Å². The van der Waals surface area contributed by atoms with Gasteiger partial charge in [0, 0.05) is 17.7 Å². The molecule has 0 amide bonds. The lowest BCUT2D eigenvalue weighted by Crippen LogP contribution is -2.09. The summed E-state index contributed by atoms with van der Waals surface area (Å²) in [5, 5.41) is 0. The Kier molecular flexibility index (Phi) is 4.58. The molecule has 0 saturated heterocycles. The van der Waals surface area contributed by atoms with Crippen LogP contribution in [0.5, 0.6) is 11.6 Å². The number of ether oxygens (including phenoxy) is 2. The van der Waals surface area contributed by atoms with Gasteiger partial charge in [-0.25, -0.2) is 4.98 Å². The van der Waals surface area contributed by atoms with Crippen LogP contribution in [0.2, 0.25) is 0 Å². The molecule has 0 radical (unpaired) electrons. The van der Waals surface area contributed by atoms with Crippen LogP contribution in [-0.4, -0.2) is 12.1 Å². The van der Waals surface area contributed by atoms with E-state index in [1.165, 1.54) is 5.56 Å². The average Bonchev–Trinajstić information content (AvgIpc) is 2.46.